The van der Waals surface area contributed by atoms with E-state index in [2.05, 4.69) is 9.97 Å². The Kier molecular flexibility index (Phi) is 3.41. The van der Waals surface area contributed by atoms with Crippen molar-refractivity contribution in [2.45, 2.75) is 6.92 Å². The Morgan fingerprint density at radius 2 is 1.94 bits per heavy atom. The van der Waals surface area contributed by atoms with Crippen LogP contribution in [0.25, 0.3) is 11.3 Å². The SMILES string of the molecule is CC(=O)c1ccc(Cl)c(-c2cc(Cl)ncn2)c1. The van der Waals surface area contributed by atoms with Gasteiger partial charge in [-0.1, -0.05) is 23.2 Å². The molecule has 0 saturated heterocycles. The van der Waals surface area contributed by atoms with Crippen molar-refractivity contribution < 1.29 is 4.79 Å². The Labute approximate surface area is 108 Å². The number of rotatable bonds is 2. The zero-order valence-electron chi connectivity index (χ0n) is 8.95. The van der Waals surface area contributed by atoms with Gasteiger partial charge in [-0.3, -0.25) is 4.79 Å². The minimum Gasteiger partial charge on any atom is -0.295 e. The third-order valence-electron chi connectivity index (χ3n) is 2.28. The maximum atomic E-state index is 11.3. The number of nitrogens with zero attached hydrogens (tertiary/aromatic N) is 2. The van der Waals surface area contributed by atoms with Gasteiger partial charge in [-0.05, 0) is 25.1 Å². The Morgan fingerprint density at radius 1 is 1.18 bits per heavy atom. The monoisotopic (exact) mass is 266 g/mol. The van der Waals surface area contributed by atoms with E-state index in [0.29, 0.717) is 27.0 Å². The average molecular weight is 267 g/mol. The number of hydrogen-bond donors (Lipinski definition) is 0. The summed E-state index contributed by atoms with van der Waals surface area (Å²) in [5, 5.41) is 0.851. The number of benzene rings is 1. The highest BCUT2D eigenvalue weighted by molar-refractivity contribution is 6.33. The van der Waals surface area contributed by atoms with Crippen molar-refractivity contribution in [3.05, 3.63) is 46.3 Å². The van der Waals surface area contributed by atoms with Crippen LogP contribution < -0.4 is 0 Å². The maximum Gasteiger partial charge on any atom is 0.159 e. The third-order valence-corrected chi connectivity index (χ3v) is 2.82. The quantitative estimate of drug-likeness (QED) is 0.616. The lowest BCUT2D eigenvalue weighted by atomic mass is 10.1. The summed E-state index contributed by atoms with van der Waals surface area (Å²) >= 11 is 11.9. The van der Waals surface area contributed by atoms with Gasteiger partial charge < -0.3 is 0 Å². The Hall–Kier alpha value is -1.45. The molecule has 0 saturated carbocycles. The molecule has 0 aliphatic rings. The van der Waals surface area contributed by atoms with E-state index < -0.39 is 0 Å². The Balaban J connectivity index is 2.58. The molecule has 1 heterocycles. The van der Waals surface area contributed by atoms with Crippen LogP contribution in [0.5, 0.6) is 0 Å². The Bertz CT molecular complexity index is 584. The van der Waals surface area contributed by atoms with Crippen LogP contribution >= 0.6 is 23.2 Å². The molecule has 1 aromatic carbocycles. The van der Waals surface area contributed by atoms with E-state index in [-0.39, 0.29) is 5.78 Å². The molecule has 17 heavy (non-hydrogen) atoms. The van der Waals surface area contributed by atoms with Crippen LogP contribution in [0.4, 0.5) is 0 Å². The summed E-state index contributed by atoms with van der Waals surface area (Å²) in [4.78, 5) is 19.2. The Morgan fingerprint density at radius 3 is 2.59 bits per heavy atom. The number of halogens is 2. The molecule has 2 rings (SSSR count). The summed E-state index contributed by atoms with van der Waals surface area (Å²) < 4.78 is 0. The number of hydrogen-bond acceptors (Lipinski definition) is 3. The summed E-state index contributed by atoms with van der Waals surface area (Å²) in [7, 11) is 0. The van der Waals surface area contributed by atoms with Crippen LogP contribution in [0, 0.1) is 0 Å². The van der Waals surface area contributed by atoms with Gasteiger partial charge in [0, 0.05) is 17.2 Å². The average Bonchev–Trinajstić information content (AvgIpc) is 2.29. The lowest BCUT2D eigenvalue weighted by Gasteiger charge is -2.05. The molecule has 1 aromatic heterocycles. The first-order valence-electron chi connectivity index (χ1n) is 4.86. The summed E-state index contributed by atoms with van der Waals surface area (Å²) in [6.45, 7) is 1.50. The molecule has 0 spiro atoms. The van der Waals surface area contributed by atoms with Crippen molar-refractivity contribution in [3.8, 4) is 11.3 Å². The van der Waals surface area contributed by atoms with Gasteiger partial charge in [0.05, 0.1) is 10.7 Å². The number of Topliss-reactive ketones (excluding diaryl/α,β-unsaturated/α-hetero) is 1. The molecule has 0 amide bonds. The minimum absolute atomic E-state index is 0.0249. The number of aromatic nitrogens is 2. The van der Waals surface area contributed by atoms with Crippen LogP contribution in [-0.4, -0.2) is 15.8 Å². The highest BCUT2D eigenvalue weighted by atomic mass is 35.5. The van der Waals surface area contributed by atoms with Crippen LogP contribution in [-0.2, 0) is 0 Å². The van der Waals surface area contributed by atoms with Gasteiger partial charge in [-0.15, -0.1) is 0 Å². The second-order valence-corrected chi connectivity index (χ2v) is 4.27. The van der Waals surface area contributed by atoms with Gasteiger partial charge in [0.15, 0.2) is 5.78 Å². The second kappa shape index (κ2) is 4.82. The first kappa shape index (κ1) is 12.0. The van der Waals surface area contributed by atoms with E-state index >= 15 is 0 Å². The lowest BCUT2D eigenvalue weighted by molar-refractivity contribution is 0.101. The summed E-state index contributed by atoms with van der Waals surface area (Å²) in [6.07, 6.45) is 1.36. The van der Waals surface area contributed by atoms with Gasteiger partial charge in [0.1, 0.15) is 11.5 Å². The lowest BCUT2D eigenvalue weighted by Crippen LogP contribution is -1.94. The molecule has 0 fully saturated rings. The topological polar surface area (TPSA) is 42.9 Å². The molecule has 5 heteroatoms. The molecular formula is C12H8Cl2N2O. The van der Waals surface area contributed by atoms with Crippen molar-refractivity contribution in [1.29, 1.82) is 0 Å². The summed E-state index contributed by atoms with van der Waals surface area (Å²) in [5.41, 5.74) is 1.85. The first-order chi connectivity index (χ1) is 8.08. The van der Waals surface area contributed by atoms with Gasteiger partial charge in [-0.25, -0.2) is 9.97 Å². The maximum absolute atomic E-state index is 11.3. The van der Waals surface area contributed by atoms with Crippen molar-refractivity contribution in [2.75, 3.05) is 0 Å². The molecule has 0 N–H and O–H groups in total. The summed E-state index contributed by atoms with van der Waals surface area (Å²) in [5.74, 6) is -0.0249. The van der Waals surface area contributed by atoms with E-state index in [1.165, 1.54) is 13.3 Å². The van der Waals surface area contributed by atoms with Gasteiger partial charge in [-0.2, -0.15) is 0 Å². The molecule has 0 atom stereocenters. The molecule has 0 aliphatic heterocycles. The van der Waals surface area contributed by atoms with E-state index in [0.717, 1.165) is 0 Å². The molecule has 86 valence electrons. The van der Waals surface area contributed by atoms with Crippen LogP contribution in [0.15, 0.2) is 30.6 Å². The van der Waals surface area contributed by atoms with E-state index in [9.17, 15) is 4.79 Å². The van der Waals surface area contributed by atoms with Crippen LogP contribution in [0.1, 0.15) is 17.3 Å². The molecule has 2 aromatic rings. The summed E-state index contributed by atoms with van der Waals surface area (Å²) in [6, 6.07) is 6.65. The smallest absolute Gasteiger partial charge is 0.159 e. The van der Waals surface area contributed by atoms with Crippen LogP contribution in [0.2, 0.25) is 10.2 Å². The molecule has 0 unspecified atom stereocenters. The van der Waals surface area contributed by atoms with E-state index in [4.69, 9.17) is 23.2 Å². The van der Waals surface area contributed by atoms with E-state index in [1.807, 2.05) is 0 Å². The predicted octanol–water partition coefficient (Wildman–Crippen LogP) is 3.65. The molecule has 3 nitrogen and oxygen atoms in total. The molecule has 0 aliphatic carbocycles. The predicted molar refractivity (Wildman–Crippen MR) is 67.5 cm³/mol. The molecular weight excluding hydrogens is 259 g/mol. The van der Waals surface area contributed by atoms with Crippen molar-refractivity contribution in [2.24, 2.45) is 0 Å². The van der Waals surface area contributed by atoms with Crippen LogP contribution in [0.3, 0.4) is 0 Å². The fourth-order valence-electron chi connectivity index (χ4n) is 1.42. The fourth-order valence-corrected chi connectivity index (χ4v) is 1.78. The highest BCUT2D eigenvalue weighted by Crippen LogP contribution is 2.28. The standard InChI is InChI=1S/C12H8Cl2N2O/c1-7(17)8-2-3-10(13)9(4-8)11-5-12(14)16-6-15-11/h2-6H,1H3. The second-order valence-electron chi connectivity index (χ2n) is 3.48. The van der Waals surface area contributed by atoms with Crippen molar-refractivity contribution >= 4 is 29.0 Å². The minimum atomic E-state index is -0.0249. The van der Waals surface area contributed by atoms with Gasteiger partial charge in [0.2, 0.25) is 0 Å². The third kappa shape index (κ3) is 2.62. The number of carbonyl (C=O) groups excluding carboxylic acids is 1. The first-order valence-corrected chi connectivity index (χ1v) is 5.62. The fraction of sp³-hybridized carbons (Fsp3) is 0.0833. The normalized spacial score (nSPS) is 10.3. The molecule has 0 bridgehead atoms. The zero-order valence-corrected chi connectivity index (χ0v) is 10.5. The zero-order chi connectivity index (χ0) is 12.4. The van der Waals surface area contributed by atoms with Gasteiger partial charge in [0.25, 0.3) is 0 Å². The van der Waals surface area contributed by atoms with Crippen molar-refractivity contribution in [3.63, 3.8) is 0 Å². The largest absolute Gasteiger partial charge is 0.295 e. The number of carbonyl (C=O) groups is 1. The van der Waals surface area contributed by atoms with Crippen molar-refractivity contribution in [1.82, 2.24) is 9.97 Å². The highest BCUT2D eigenvalue weighted by Gasteiger charge is 2.09. The number of ketones is 1. The van der Waals surface area contributed by atoms with E-state index in [1.54, 1.807) is 24.3 Å². The van der Waals surface area contributed by atoms with Gasteiger partial charge >= 0.3 is 0 Å². The molecule has 0 radical (unpaired) electrons.